The van der Waals surface area contributed by atoms with E-state index in [2.05, 4.69) is 10.6 Å². The molecule has 0 radical (unpaired) electrons. The highest BCUT2D eigenvalue weighted by atomic mass is 16.5. The van der Waals surface area contributed by atoms with Crippen LogP contribution in [0.1, 0.15) is 19.3 Å². The molecule has 1 heterocycles. The molecule has 102 valence electrons. The number of hydrogen-bond acceptors (Lipinski definition) is 3. The van der Waals surface area contributed by atoms with E-state index in [1.54, 1.807) is 0 Å². The number of ether oxygens (including phenoxy) is 1. The summed E-state index contributed by atoms with van der Waals surface area (Å²) in [6.07, 6.45) is 3.52. The van der Waals surface area contributed by atoms with Crippen molar-refractivity contribution in [3.8, 4) is 5.75 Å². The Balaban J connectivity index is 1.51. The maximum Gasteiger partial charge on any atom is 0.228 e. The summed E-state index contributed by atoms with van der Waals surface area (Å²) in [4.78, 5) is 11.9. The van der Waals surface area contributed by atoms with Crippen molar-refractivity contribution >= 4 is 11.6 Å². The highest BCUT2D eigenvalue weighted by molar-refractivity contribution is 5.92. The zero-order valence-corrected chi connectivity index (χ0v) is 11.0. The fourth-order valence-corrected chi connectivity index (χ4v) is 2.26. The summed E-state index contributed by atoms with van der Waals surface area (Å²) in [6.45, 7) is 2.54. The summed E-state index contributed by atoms with van der Waals surface area (Å²) < 4.78 is 5.67. The molecule has 1 aromatic rings. The van der Waals surface area contributed by atoms with E-state index in [9.17, 15) is 4.79 Å². The zero-order valence-electron chi connectivity index (χ0n) is 11.0. The molecule has 4 heteroatoms. The Morgan fingerprint density at radius 3 is 2.68 bits per heavy atom. The summed E-state index contributed by atoms with van der Waals surface area (Å²) in [5.41, 5.74) is 0.843. The van der Waals surface area contributed by atoms with Gasteiger partial charge in [-0.25, -0.2) is 0 Å². The first-order valence-corrected chi connectivity index (χ1v) is 7.06. The molecule has 2 N–H and O–H groups in total. The topological polar surface area (TPSA) is 50.4 Å². The van der Waals surface area contributed by atoms with Crippen LogP contribution in [0.2, 0.25) is 0 Å². The van der Waals surface area contributed by atoms with Crippen molar-refractivity contribution in [3.05, 3.63) is 24.3 Å². The fraction of sp³-hybridized carbons (Fsp3) is 0.533. The third-order valence-electron chi connectivity index (χ3n) is 3.74. The first-order valence-electron chi connectivity index (χ1n) is 7.06. The number of rotatable bonds is 5. The van der Waals surface area contributed by atoms with Crippen LogP contribution >= 0.6 is 0 Å². The molecule has 19 heavy (non-hydrogen) atoms. The van der Waals surface area contributed by atoms with Gasteiger partial charge >= 0.3 is 0 Å². The Morgan fingerprint density at radius 2 is 2.05 bits per heavy atom. The number of carbonyl (C=O) groups is 1. The van der Waals surface area contributed by atoms with Crippen LogP contribution in [-0.4, -0.2) is 25.6 Å². The van der Waals surface area contributed by atoms with Crippen molar-refractivity contribution in [2.24, 2.45) is 11.8 Å². The lowest BCUT2D eigenvalue weighted by Gasteiger charge is -2.10. The Kier molecular flexibility index (Phi) is 3.69. The van der Waals surface area contributed by atoms with Gasteiger partial charge in [0, 0.05) is 12.2 Å². The lowest BCUT2D eigenvalue weighted by atomic mass is 10.1. The monoisotopic (exact) mass is 260 g/mol. The Morgan fingerprint density at radius 1 is 1.26 bits per heavy atom. The molecule has 1 unspecified atom stereocenters. The number of carbonyl (C=O) groups excluding carboxylic acids is 1. The smallest absolute Gasteiger partial charge is 0.228 e. The normalized spacial score (nSPS) is 22.2. The summed E-state index contributed by atoms with van der Waals surface area (Å²) >= 11 is 0. The average molecular weight is 260 g/mol. The van der Waals surface area contributed by atoms with E-state index in [1.165, 1.54) is 12.8 Å². The molecule has 1 aliphatic carbocycles. The second-order valence-electron chi connectivity index (χ2n) is 5.46. The third-order valence-corrected chi connectivity index (χ3v) is 3.74. The number of anilines is 1. The molecule has 0 bridgehead atoms. The number of amides is 1. The van der Waals surface area contributed by atoms with E-state index in [4.69, 9.17) is 4.74 Å². The maximum atomic E-state index is 11.9. The standard InChI is InChI=1S/C15H20N2O2/c18-15(12-7-8-16-9-12)17-13-3-5-14(6-4-13)19-10-11-1-2-11/h3-6,11-12,16H,1-2,7-10H2,(H,17,18). The first kappa shape index (κ1) is 12.5. The molecule has 3 rings (SSSR count). The minimum absolute atomic E-state index is 0.103. The van der Waals surface area contributed by atoms with Crippen LogP contribution in [0.15, 0.2) is 24.3 Å². The van der Waals surface area contributed by atoms with Crippen LogP contribution in [-0.2, 0) is 4.79 Å². The Bertz CT molecular complexity index is 434. The molecule has 1 aromatic carbocycles. The SMILES string of the molecule is O=C(Nc1ccc(OCC2CC2)cc1)C1CCNC1. The van der Waals surface area contributed by atoms with Crippen molar-refractivity contribution in [1.82, 2.24) is 5.32 Å². The highest BCUT2D eigenvalue weighted by Crippen LogP contribution is 2.29. The van der Waals surface area contributed by atoms with Gasteiger partial charge in [0.1, 0.15) is 5.75 Å². The molecule has 1 aliphatic heterocycles. The van der Waals surface area contributed by atoms with Crippen LogP contribution in [0.4, 0.5) is 5.69 Å². The lowest BCUT2D eigenvalue weighted by molar-refractivity contribution is -0.119. The molecule has 1 amide bonds. The van der Waals surface area contributed by atoms with Gasteiger partial charge in [-0.3, -0.25) is 4.79 Å². The molecule has 1 saturated heterocycles. The summed E-state index contributed by atoms with van der Waals surface area (Å²) in [6, 6.07) is 7.65. The summed E-state index contributed by atoms with van der Waals surface area (Å²) in [5, 5.41) is 6.15. The third kappa shape index (κ3) is 3.47. The number of benzene rings is 1. The summed E-state index contributed by atoms with van der Waals surface area (Å²) in [7, 11) is 0. The van der Waals surface area contributed by atoms with Crippen molar-refractivity contribution in [3.63, 3.8) is 0 Å². The molecule has 1 atom stereocenters. The van der Waals surface area contributed by atoms with Gasteiger partial charge in [-0.2, -0.15) is 0 Å². The molecule has 0 aromatic heterocycles. The van der Waals surface area contributed by atoms with Gasteiger partial charge in [0.2, 0.25) is 5.91 Å². The fourth-order valence-electron chi connectivity index (χ4n) is 2.26. The van der Waals surface area contributed by atoms with Crippen LogP contribution in [0.25, 0.3) is 0 Å². The van der Waals surface area contributed by atoms with E-state index < -0.39 is 0 Å². The van der Waals surface area contributed by atoms with Gasteiger partial charge in [0.15, 0.2) is 0 Å². The highest BCUT2D eigenvalue weighted by Gasteiger charge is 2.23. The van der Waals surface area contributed by atoms with E-state index in [1.807, 2.05) is 24.3 Å². The first-order chi connectivity index (χ1) is 9.31. The van der Waals surface area contributed by atoms with Crippen LogP contribution in [0.3, 0.4) is 0 Å². The van der Waals surface area contributed by atoms with Crippen molar-refractivity contribution in [2.75, 3.05) is 25.0 Å². The maximum absolute atomic E-state index is 11.9. The van der Waals surface area contributed by atoms with Gasteiger partial charge < -0.3 is 15.4 Å². The zero-order chi connectivity index (χ0) is 13.1. The second kappa shape index (κ2) is 5.61. The molecule has 2 aliphatic rings. The van der Waals surface area contributed by atoms with Crippen LogP contribution < -0.4 is 15.4 Å². The largest absolute Gasteiger partial charge is 0.493 e. The minimum atomic E-state index is 0.103. The van der Waals surface area contributed by atoms with Crippen molar-refractivity contribution < 1.29 is 9.53 Å². The molecule has 0 spiro atoms. The summed E-state index contributed by atoms with van der Waals surface area (Å²) in [5.74, 6) is 1.85. The average Bonchev–Trinajstić information content (AvgIpc) is 3.09. The Labute approximate surface area is 113 Å². The molecule has 2 fully saturated rings. The van der Waals surface area contributed by atoms with E-state index in [-0.39, 0.29) is 11.8 Å². The second-order valence-corrected chi connectivity index (χ2v) is 5.46. The van der Waals surface area contributed by atoms with E-state index in [0.717, 1.165) is 43.5 Å². The molecular formula is C15H20N2O2. The molecule has 1 saturated carbocycles. The van der Waals surface area contributed by atoms with Crippen molar-refractivity contribution in [2.45, 2.75) is 19.3 Å². The predicted molar refractivity (Wildman–Crippen MR) is 74.3 cm³/mol. The van der Waals surface area contributed by atoms with Gasteiger partial charge in [0.25, 0.3) is 0 Å². The Hall–Kier alpha value is -1.55. The van der Waals surface area contributed by atoms with Crippen molar-refractivity contribution in [1.29, 1.82) is 0 Å². The predicted octanol–water partition coefficient (Wildman–Crippen LogP) is 2.02. The van der Waals surface area contributed by atoms with E-state index in [0.29, 0.717) is 0 Å². The quantitative estimate of drug-likeness (QED) is 0.851. The minimum Gasteiger partial charge on any atom is -0.493 e. The van der Waals surface area contributed by atoms with Crippen LogP contribution in [0.5, 0.6) is 5.75 Å². The lowest BCUT2D eigenvalue weighted by Crippen LogP contribution is -2.24. The van der Waals surface area contributed by atoms with Gasteiger partial charge in [0.05, 0.1) is 12.5 Å². The molecule has 4 nitrogen and oxygen atoms in total. The number of nitrogens with one attached hydrogen (secondary N) is 2. The molecular weight excluding hydrogens is 240 g/mol. The van der Waals surface area contributed by atoms with Gasteiger partial charge in [-0.05, 0) is 56.0 Å². The van der Waals surface area contributed by atoms with Crippen LogP contribution in [0, 0.1) is 11.8 Å². The number of hydrogen-bond donors (Lipinski definition) is 2. The van der Waals surface area contributed by atoms with E-state index >= 15 is 0 Å². The van der Waals surface area contributed by atoms with Gasteiger partial charge in [-0.15, -0.1) is 0 Å². The van der Waals surface area contributed by atoms with Gasteiger partial charge in [-0.1, -0.05) is 0 Å².